The number of carbonyl (C=O) groups is 1. The normalized spacial score (nSPS) is 14.5. The summed E-state index contributed by atoms with van der Waals surface area (Å²) in [5.41, 5.74) is 2.06. The summed E-state index contributed by atoms with van der Waals surface area (Å²) < 4.78 is 5.84. The minimum absolute atomic E-state index is 0.325. The van der Waals surface area contributed by atoms with Gasteiger partial charge < -0.3 is 4.74 Å². The van der Waals surface area contributed by atoms with E-state index in [-0.39, 0.29) is 0 Å². The van der Waals surface area contributed by atoms with Crippen LogP contribution in [-0.4, -0.2) is 11.9 Å². The molecule has 0 spiro atoms. The molecule has 1 heterocycles. The second kappa shape index (κ2) is 10.4. The predicted molar refractivity (Wildman–Crippen MR) is 158 cm³/mol. The summed E-state index contributed by atoms with van der Waals surface area (Å²) in [4.78, 5) is 18.6. The summed E-state index contributed by atoms with van der Waals surface area (Å²) >= 11 is 0. The van der Waals surface area contributed by atoms with Crippen LogP contribution in [0.4, 0.5) is 0 Å². The molecule has 0 unspecified atom stereocenters. The van der Waals surface area contributed by atoms with Crippen LogP contribution in [0.5, 0.6) is 0 Å². The molecule has 0 atom stereocenters. The highest BCUT2D eigenvalue weighted by Gasteiger charge is 2.53. The average molecular weight is 511 g/mol. The lowest BCUT2D eigenvalue weighted by Crippen LogP contribution is -2.32. The van der Waals surface area contributed by atoms with Gasteiger partial charge in [0.2, 0.25) is 5.90 Å². The zero-order valence-electron chi connectivity index (χ0n) is 20.6. The Hall–Kier alpha value is -4.59. The van der Waals surface area contributed by atoms with E-state index in [4.69, 9.17) is 9.73 Å². The Morgan fingerprint density at radius 2 is 0.921 bits per heavy atom. The molecule has 4 heteroatoms. The zero-order valence-corrected chi connectivity index (χ0v) is 21.5. The molecule has 0 amide bonds. The molecule has 0 saturated carbocycles. The minimum atomic E-state index is -2.62. The van der Waals surface area contributed by atoms with Crippen molar-refractivity contribution >= 4 is 40.4 Å². The van der Waals surface area contributed by atoms with Crippen molar-refractivity contribution in [2.45, 2.75) is 0 Å². The molecule has 1 aliphatic rings. The molecule has 0 saturated heterocycles. The third kappa shape index (κ3) is 4.18. The van der Waals surface area contributed by atoms with Crippen molar-refractivity contribution in [1.82, 2.24) is 0 Å². The predicted octanol–water partition coefficient (Wildman–Crippen LogP) is 6.35. The molecule has 0 N–H and O–H groups in total. The van der Waals surface area contributed by atoms with Gasteiger partial charge in [0, 0.05) is 11.1 Å². The van der Waals surface area contributed by atoms with Gasteiger partial charge in [-0.25, -0.2) is 9.79 Å². The van der Waals surface area contributed by atoms with E-state index < -0.39 is 13.2 Å². The third-order valence-electron chi connectivity index (χ3n) is 6.65. The van der Waals surface area contributed by atoms with Crippen molar-refractivity contribution in [1.29, 1.82) is 0 Å². The first-order chi connectivity index (χ1) is 18.8. The summed E-state index contributed by atoms with van der Waals surface area (Å²) in [6.07, 6.45) is 0. The number of cyclic esters (lactones) is 1. The first-order valence-electron chi connectivity index (χ1n) is 12.5. The van der Waals surface area contributed by atoms with Gasteiger partial charge in [0.1, 0.15) is 28.5 Å². The summed E-state index contributed by atoms with van der Waals surface area (Å²) in [7, 11) is -2.62. The lowest BCUT2D eigenvalue weighted by Gasteiger charge is -2.30. The second-order valence-corrected chi connectivity index (χ2v) is 12.3. The van der Waals surface area contributed by atoms with Crippen molar-refractivity contribution in [3.05, 3.63) is 168 Å². The summed E-state index contributed by atoms with van der Waals surface area (Å²) in [5, 5.41) is 4.30. The molecule has 6 rings (SSSR count). The van der Waals surface area contributed by atoms with Gasteiger partial charge in [0.25, 0.3) is 0 Å². The largest absolute Gasteiger partial charge is 0.402 e. The minimum Gasteiger partial charge on any atom is -0.402 e. The Morgan fingerprint density at radius 1 is 0.526 bits per heavy atom. The molecule has 5 aromatic carbocycles. The standard InChI is InChI=1S/C34H25NO2P/c36-34-31(35-33(37-34)27-18-8-2-9-19-27)32(26-16-6-1-7-17-26)38(28-20-10-3-11-21-28,29-22-12-4-13-23-29)30-24-14-5-15-25-30/h1-25H/q+1. The van der Waals surface area contributed by atoms with Gasteiger partial charge in [-0.2, -0.15) is 0 Å². The number of hydrogen-bond donors (Lipinski definition) is 0. The van der Waals surface area contributed by atoms with Crippen molar-refractivity contribution in [2.24, 2.45) is 4.99 Å². The van der Waals surface area contributed by atoms with Gasteiger partial charge in [0.15, 0.2) is 5.70 Å². The first kappa shape index (κ1) is 23.8. The molecule has 5 aromatic rings. The fraction of sp³-hybridized carbons (Fsp3) is 0. The van der Waals surface area contributed by atoms with Crippen LogP contribution in [0.2, 0.25) is 0 Å². The van der Waals surface area contributed by atoms with Crippen LogP contribution in [0, 0.1) is 0 Å². The average Bonchev–Trinajstić information content (AvgIpc) is 3.39. The molecular formula is C34H25NO2P+. The maximum atomic E-state index is 13.7. The first-order valence-corrected chi connectivity index (χ1v) is 14.3. The lowest BCUT2D eigenvalue weighted by atomic mass is 10.2. The molecule has 0 radical (unpaired) electrons. The zero-order chi connectivity index (χ0) is 25.8. The summed E-state index contributed by atoms with van der Waals surface area (Å²) in [6, 6.07) is 51.2. The Morgan fingerprint density at radius 3 is 1.37 bits per heavy atom. The summed E-state index contributed by atoms with van der Waals surface area (Å²) in [6.45, 7) is 0. The Balaban J connectivity index is 1.78. The van der Waals surface area contributed by atoms with E-state index >= 15 is 0 Å². The number of esters is 1. The van der Waals surface area contributed by atoms with Gasteiger partial charge in [-0.15, -0.1) is 0 Å². The van der Waals surface area contributed by atoms with E-state index in [2.05, 4.69) is 84.9 Å². The number of ether oxygens (including phenoxy) is 1. The van der Waals surface area contributed by atoms with Gasteiger partial charge in [-0.05, 0) is 48.5 Å². The molecule has 0 fully saturated rings. The highest BCUT2D eigenvalue weighted by Crippen LogP contribution is 2.67. The number of rotatable bonds is 6. The van der Waals surface area contributed by atoms with Gasteiger partial charge in [-0.1, -0.05) is 103 Å². The Kier molecular flexibility index (Phi) is 6.52. The summed E-state index contributed by atoms with van der Waals surface area (Å²) in [5.74, 6) is -0.110. The fourth-order valence-corrected chi connectivity index (χ4v) is 9.56. The molecular weight excluding hydrogens is 485 g/mol. The smallest absolute Gasteiger partial charge is 0.368 e. The van der Waals surface area contributed by atoms with E-state index in [0.717, 1.165) is 32.4 Å². The van der Waals surface area contributed by atoms with Crippen LogP contribution in [0.15, 0.2) is 162 Å². The fourth-order valence-electron chi connectivity index (χ4n) is 5.03. The van der Waals surface area contributed by atoms with Gasteiger partial charge in [0.05, 0.1) is 0 Å². The van der Waals surface area contributed by atoms with E-state index in [1.165, 1.54) is 0 Å². The van der Waals surface area contributed by atoms with E-state index in [1.807, 2.05) is 66.7 Å². The highest BCUT2D eigenvalue weighted by atomic mass is 31.2. The van der Waals surface area contributed by atoms with Crippen molar-refractivity contribution in [3.8, 4) is 0 Å². The van der Waals surface area contributed by atoms with Crippen molar-refractivity contribution in [3.63, 3.8) is 0 Å². The SMILES string of the molecule is O=C1OC(c2ccccc2)=NC1=C(c1ccccc1)[P+](c1ccccc1)(c1ccccc1)c1ccccc1. The number of hydrogen-bond acceptors (Lipinski definition) is 3. The van der Waals surface area contributed by atoms with Crippen molar-refractivity contribution in [2.75, 3.05) is 0 Å². The number of carbonyl (C=O) groups excluding carboxylic acids is 1. The highest BCUT2D eigenvalue weighted by molar-refractivity contribution is 8.03. The molecule has 3 nitrogen and oxygen atoms in total. The van der Waals surface area contributed by atoms with Gasteiger partial charge in [-0.3, -0.25) is 0 Å². The van der Waals surface area contributed by atoms with Crippen LogP contribution >= 0.6 is 7.26 Å². The quantitative estimate of drug-likeness (QED) is 0.152. The molecule has 1 aliphatic heterocycles. The van der Waals surface area contributed by atoms with Gasteiger partial charge >= 0.3 is 5.97 Å². The maximum Gasteiger partial charge on any atom is 0.368 e. The topological polar surface area (TPSA) is 38.7 Å². The monoisotopic (exact) mass is 510 g/mol. The molecule has 0 aromatic heterocycles. The Bertz CT molecular complexity index is 1520. The van der Waals surface area contributed by atoms with Crippen molar-refractivity contribution < 1.29 is 9.53 Å². The van der Waals surface area contributed by atoms with E-state index in [1.54, 1.807) is 0 Å². The molecule has 38 heavy (non-hydrogen) atoms. The molecule has 0 aliphatic carbocycles. The van der Waals surface area contributed by atoms with Crippen LogP contribution in [0.1, 0.15) is 11.1 Å². The number of benzene rings is 5. The van der Waals surface area contributed by atoms with E-state index in [9.17, 15) is 4.79 Å². The molecule has 182 valence electrons. The van der Waals surface area contributed by atoms with Crippen LogP contribution < -0.4 is 15.9 Å². The van der Waals surface area contributed by atoms with Crippen LogP contribution in [0.25, 0.3) is 5.31 Å². The third-order valence-corrected chi connectivity index (χ3v) is 11.0. The maximum absolute atomic E-state index is 13.7. The van der Waals surface area contributed by atoms with Crippen LogP contribution in [0.3, 0.4) is 0 Å². The molecule has 0 bridgehead atoms. The number of nitrogens with zero attached hydrogens (tertiary/aromatic N) is 1. The Labute approximate surface area is 223 Å². The van der Waals surface area contributed by atoms with Crippen LogP contribution in [-0.2, 0) is 9.53 Å². The van der Waals surface area contributed by atoms with E-state index in [0.29, 0.717) is 11.6 Å². The number of aliphatic imine (C=N–C) groups is 1. The second-order valence-electron chi connectivity index (χ2n) is 8.91. The lowest BCUT2D eigenvalue weighted by molar-refractivity contribution is -0.129.